The van der Waals surface area contributed by atoms with Gasteiger partial charge >= 0.3 is 0 Å². The number of benzene rings is 1. The highest BCUT2D eigenvalue weighted by Gasteiger charge is 2.34. The van der Waals surface area contributed by atoms with Gasteiger partial charge in [-0.3, -0.25) is 10.1 Å². The number of halogens is 1. The maximum Gasteiger partial charge on any atom is 0.269 e. The van der Waals surface area contributed by atoms with Gasteiger partial charge in [0.15, 0.2) is 0 Å². The van der Waals surface area contributed by atoms with Gasteiger partial charge in [-0.05, 0) is 24.8 Å². The van der Waals surface area contributed by atoms with Gasteiger partial charge in [-0.25, -0.2) is 12.7 Å². The molecule has 9 heteroatoms. The van der Waals surface area contributed by atoms with E-state index >= 15 is 0 Å². The molecule has 2 atom stereocenters. The topological polar surface area (TPSA) is 92.5 Å². The minimum Gasteiger partial charge on any atom is -0.310 e. The molecule has 0 saturated carbocycles. The number of nitro benzene ring substituents is 1. The Morgan fingerprint density at radius 3 is 2.48 bits per heavy atom. The number of hydrogen-bond donors (Lipinski definition) is 1. The van der Waals surface area contributed by atoms with E-state index < -0.39 is 14.9 Å². The lowest BCUT2D eigenvalue weighted by molar-refractivity contribution is -0.384. The minimum atomic E-state index is -3.39. The quantitative estimate of drug-likeness (QED) is 0.650. The molecule has 1 aromatic carbocycles. The van der Waals surface area contributed by atoms with Crippen molar-refractivity contribution in [1.82, 2.24) is 9.62 Å². The lowest BCUT2D eigenvalue weighted by Crippen LogP contribution is -2.39. The van der Waals surface area contributed by atoms with Gasteiger partial charge in [-0.1, -0.05) is 12.1 Å². The monoisotopic (exact) mass is 361 g/mol. The van der Waals surface area contributed by atoms with E-state index in [9.17, 15) is 18.5 Å². The van der Waals surface area contributed by atoms with Gasteiger partial charge in [0.1, 0.15) is 0 Å². The Bertz CT molecular complexity index is 665. The van der Waals surface area contributed by atoms with Gasteiger partial charge in [0.2, 0.25) is 10.0 Å². The zero-order valence-electron chi connectivity index (χ0n) is 12.6. The molecular formula is C14H20ClN3O4S. The minimum absolute atomic E-state index is 0. The van der Waals surface area contributed by atoms with Crippen molar-refractivity contribution in [2.24, 2.45) is 0 Å². The fourth-order valence-electron chi connectivity index (χ4n) is 3.18. The van der Waals surface area contributed by atoms with Crippen LogP contribution in [-0.4, -0.2) is 42.8 Å². The Balaban J connectivity index is 0.00000192. The molecule has 2 fully saturated rings. The van der Waals surface area contributed by atoms with Crippen molar-refractivity contribution in [2.45, 2.75) is 37.1 Å². The number of hydrogen-bond acceptors (Lipinski definition) is 5. The Morgan fingerprint density at radius 2 is 1.83 bits per heavy atom. The molecule has 2 aliphatic rings. The molecule has 7 nitrogen and oxygen atoms in total. The van der Waals surface area contributed by atoms with Crippen LogP contribution in [0.25, 0.3) is 0 Å². The lowest BCUT2D eigenvalue weighted by atomic mass is 10.1. The molecule has 0 aliphatic carbocycles. The SMILES string of the molecule is Cl.O=[N+]([O-])c1ccc(CS(=O)(=O)N2CCC3CCC(C2)N3)cc1. The van der Waals surface area contributed by atoms with Gasteiger partial charge in [0, 0.05) is 37.3 Å². The Morgan fingerprint density at radius 1 is 1.17 bits per heavy atom. The van der Waals surface area contributed by atoms with Crippen LogP contribution in [0.1, 0.15) is 24.8 Å². The molecule has 0 spiro atoms. The second kappa shape index (κ2) is 7.12. The zero-order valence-corrected chi connectivity index (χ0v) is 14.2. The molecule has 2 unspecified atom stereocenters. The molecule has 2 aliphatic heterocycles. The molecule has 128 valence electrons. The molecule has 2 bridgehead atoms. The molecule has 23 heavy (non-hydrogen) atoms. The fourth-order valence-corrected chi connectivity index (χ4v) is 4.77. The summed E-state index contributed by atoms with van der Waals surface area (Å²) in [7, 11) is -3.39. The van der Waals surface area contributed by atoms with Gasteiger partial charge in [-0.15, -0.1) is 12.4 Å². The smallest absolute Gasteiger partial charge is 0.269 e. The predicted molar refractivity (Wildman–Crippen MR) is 89.1 cm³/mol. The molecule has 1 N–H and O–H groups in total. The number of sulfonamides is 1. The molecule has 0 aromatic heterocycles. The average Bonchev–Trinajstić information content (AvgIpc) is 2.77. The van der Waals surface area contributed by atoms with Crippen molar-refractivity contribution >= 4 is 28.1 Å². The summed E-state index contributed by atoms with van der Waals surface area (Å²) in [5, 5.41) is 14.1. The third kappa shape index (κ3) is 4.20. The zero-order chi connectivity index (χ0) is 15.7. The van der Waals surface area contributed by atoms with Crippen LogP contribution in [0.2, 0.25) is 0 Å². The highest BCUT2D eigenvalue weighted by atomic mass is 35.5. The van der Waals surface area contributed by atoms with Crippen LogP contribution in [0.3, 0.4) is 0 Å². The molecule has 3 rings (SSSR count). The molecule has 0 amide bonds. The predicted octanol–water partition coefficient (Wildman–Crippen LogP) is 1.67. The second-order valence-electron chi connectivity index (χ2n) is 5.96. The van der Waals surface area contributed by atoms with Crippen molar-refractivity contribution in [1.29, 1.82) is 0 Å². The van der Waals surface area contributed by atoms with Crippen LogP contribution >= 0.6 is 12.4 Å². The summed E-state index contributed by atoms with van der Waals surface area (Å²) in [6.07, 6.45) is 2.99. The molecule has 1 aromatic rings. The highest BCUT2D eigenvalue weighted by molar-refractivity contribution is 7.88. The van der Waals surface area contributed by atoms with Gasteiger partial charge in [-0.2, -0.15) is 0 Å². The highest BCUT2D eigenvalue weighted by Crippen LogP contribution is 2.23. The van der Waals surface area contributed by atoms with Crippen LogP contribution in [0.15, 0.2) is 24.3 Å². The van der Waals surface area contributed by atoms with Crippen molar-refractivity contribution in [2.75, 3.05) is 13.1 Å². The molecule has 2 heterocycles. The van der Waals surface area contributed by atoms with E-state index in [2.05, 4.69) is 5.32 Å². The summed E-state index contributed by atoms with van der Waals surface area (Å²) >= 11 is 0. The van der Waals surface area contributed by atoms with Crippen LogP contribution in [0, 0.1) is 10.1 Å². The standard InChI is InChI=1S/C14H19N3O4S.ClH/c18-17(19)14-5-1-11(2-6-14)10-22(20,21)16-8-7-12-3-4-13(9-16)15-12;/h1-2,5-6,12-13,15H,3-4,7-10H2;1H. The van der Waals surface area contributed by atoms with E-state index in [0.29, 0.717) is 24.7 Å². The summed E-state index contributed by atoms with van der Waals surface area (Å²) in [4.78, 5) is 10.1. The number of non-ortho nitro benzene ring substituents is 1. The number of nitro groups is 1. The first-order valence-corrected chi connectivity index (χ1v) is 9.02. The van der Waals surface area contributed by atoms with Crippen molar-refractivity contribution < 1.29 is 13.3 Å². The van der Waals surface area contributed by atoms with Crippen molar-refractivity contribution in [3.8, 4) is 0 Å². The number of rotatable bonds is 4. The number of nitrogens with one attached hydrogen (secondary N) is 1. The van der Waals surface area contributed by atoms with E-state index in [1.165, 1.54) is 24.3 Å². The van der Waals surface area contributed by atoms with Crippen molar-refractivity contribution in [3.63, 3.8) is 0 Å². The number of nitrogens with zero attached hydrogens (tertiary/aromatic N) is 2. The van der Waals surface area contributed by atoms with Crippen LogP contribution in [0.4, 0.5) is 5.69 Å². The van der Waals surface area contributed by atoms with E-state index in [1.54, 1.807) is 4.31 Å². The van der Waals surface area contributed by atoms with Gasteiger partial charge < -0.3 is 5.32 Å². The van der Waals surface area contributed by atoms with Crippen molar-refractivity contribution in [3.05, 3.63) is 39.9 Å². The van der Waals surface area contributed by atoms with Crippen LogP contribution in [-0.2, 0) is 15.8 Å². The Labute approximate surface area is 141 Å². The maximum absolute atomic E-state index is 12.6. The molecule has 2 saturated heterocycles. The first-order chi connectivity index (χ1) is 10.4. The van der Waals surface area contributed by atoms with Gasteiger partial charge in [0.05, 0.1) is 10.7 Å². The fraction of sp³-hybridized carbons (Fsp3) is 0.571. The van der Waals surface area contributed by atoms with E-state index in [-0.39, 0.29) is 29.9 Å². The largest absolute Gasteiger partial charge is 0.310 e. The third-order valence-corrected chi connectivity index (χ3v) is 6.19. The van der Waals surface area contributed by atoms with Gasteiger partial charge in [0.25, 0.3) is 5.69 Å². The van der Waals surface area contributed by atoms with E-state index in [0.717, 1.165) is 19.3 Å². The summed E-state index contributed by atoms with van der Waals surface area (Å²) < 4.78 is 26.7. The van der Waals surface area contributed by atoms with E-state index in [1.807, 2.05) is 0 Å². The summed E-state index contributed by atoms with van der Waals surface area (Å²) in [5.41, 5.74) is 0.547. The average molecular weight is 362 g/mol. The lowest BCUT2D eigenvalue weighted by Gasteiger charge is -2.23. The second-order valence-corrected chi connectivity index (χ2v) is 7.93. The van der Waals surface area contributed by atoms with Crippen LogP contribution < -0.4 is 5.32 Å². The molecule has 0 radical (unpaired) electrons. The summed E-state index contributed by atoms with van der Waals surface area (Å²) in [6, 6.07) is 6.40. The normalized spacial score (nSPS) is 24.7. The summed E-state index contributed by atoms with van der Waals surface area (Å²) in [6.45, 7) is 1.06. The van der Waals surface area contributed by atoms with E-state index in [4.69, 9.17) is 0 Å². The number of fused-ring (bicyclic) bond motifs is 2. The maximum atomic E-state index is 12.6. The Kier molecular flexibility index (Phi) is 5.61. The van der Waals surface area contributed by atoms with Crippen LogP contribution in [0.5, 0.6) is 0 Å². The first kappa shape index (κ1) is 18.1. The molecular weight excluding hydrogens is 342 g/mol. The first-order valence-electron chi connectivity index (χ1n) is 7.41. The third-order valence-electron chi connectivity index (χ3n) is 4.38. The Hall–Kier alpha value is -1.22. The summed E-state index contributed by atoms with van der Waals surface area (Å²) in [5.74, 6) is -0.109.